The van der Waals surface area contributed by atoms with E-state index in [1.54, 1.807) is 0 Å². The van der Waals surface area contributed by atoms with E-state index >= 15 is 0 Å². The van der Waals surface area contributed by atoms with E-state index in [4.69, 9.17) is 5.73 Å². The van der Waals surface area contributed by atoms with Crippen molar-refractivity contribution in [2.24, 2.45) is 11.7 Å². The zero-order chi connectivity index (χ0) is 11.6. The van der Waals surface area contributed by atoms with Gasteiger partial charge in [-0.1, -0.05) is 13.8 Å². The lowest BCUT2D eigenvalue weighted by Gasteiger charge is -2.23. The Bertz CT molecular complexity index is 344. The predicted octanol–water partition coefficient (Wildman–Crippen LogP) is 1.54. The SMILES string of the molecule is CC(C)[C@@H](O)[C@@H](N)c1cc(O)ccc1O.Cl. The second-order valence-corrected chi connectivity index (χ2v) is 4.00. The maximum Gasteiger partial charge on any atom is 0.120 e. The molecule has 0 aliphatic heterocycles. The van der Waals surface area contributed by atoms with Gasteiger partial charge in [0.15, 0.2) is 0 Å². The van der Waals surface area contributed by atoms with Crippen LogP contribution in [0.15, 0.2) is 18.2 Å². The molecule has 0 aliphatic rings. The monoisotopic (exact) mass is 247 g/mol. The van der Waals surface area contributed by atoms with Crippen LogP contribution >= 0.6 is 12.4 Å². The second-order valence-electron chi connectivity index (χ2n) is 4.00. The first-order valence-corrected chi connectivity index (χ1v) is 4.89. The fourth-order valence-corrected chi connectivity index (χ4v) is 1.41. The first-order chi connectivity index (χ1) is 6.93. The number of phenolic OH excluding ortho intramolecular Hbond substituents is 2. The lowest BCUT2D eigenvalue weighted by atomic mass is 9.94. The number of aliphatic hydroxyl groups is 1. The highest BCUT2D eigenvalue weighted by Gasteiger charge is 2.22. The standard InChI is InChI=1S/C11H17NO3.ClH/c1-6(2)11(15)10(12)8-5-7(13)3-4-9(8)14;/h3-6,10-11,13-15H,12H2,1-2H3;1H/t10-,11+;/m0./s1. The summed E-state index contributed by atoms with van der Waals surface area (Å²) in [6, 6.07) is 3.40. The fraction of sp³-hybridized carbons (Fsp3) is 0.455. The molecule has 2 atom stereocenters. The summed E-state index contributed by atoms with van der Waals surface area (Å²) in [6.07, 6.45) is -0.752. The minimum absolute atomic E-state index is 0. The molecular weight excluding hydrogens is 230 g/mol. The molecule has 1 aromatic rings. The average molecular weight is 248 g/mol. The van der Waals surface area contributed by atoms with Crippen molar-refractivity contribution in [3.63, 3.8) is 0 Å². The Kier molecular flexibility index (Phi) is 5.58. The number of phenols is 2. The summed E-state index contributed by atoms with van der Waals surface area (Å²) in [5, 5.41) is 28.5. The van der Waals surface area contributed by atoms with Crippen LogP contribution in [0.3, 0.4) is 0 Å². The van der Waals surface area contributed by atoms with Crippen LogP contribution < -0.4 is 5.73 Å². The molecule has 0 heterocycles. The minimum atomic E-state index is -0.752. The van der Waals surface area contributed by atoms with Crippen LogP contribution in [-0.2, 0) is 0 Å². The molecule has 0 aromatic heterocycles. The van der Waals surface area contributed by atoms with Crippen molar-refractivity contribution in [2.75, 3.05) is 0 Å². The number of nitrogens with two attached hydrogens (primary N) is 1. The molecule has 5 N–H and O–H groups in total. The van der Waals surface area contributed by atoms with Gasteiger partial charge < -0.3 is 21.1 Å². The summed E-state index contributed by atoms with van der Waals surface area (Å²) in [6.45, 7) is 3.68. The molecule has 16 heavy (non-hydrogen) atoms. The third-order valence-electron chi connectivity index (χ3n) is 2.42. The van der Waals surface area contributed by atoms with Gasteiger partial charge in [-0.25, -0.2) is 0 Å². The highest BCUT2D eigenvalue weighted by atomic mass is 35.5. The number of aliphatic hydroxyl groups excluding tert-OH is 1. The van der Waals surface area contributed by atoms with Crippen molar-refractivity contribution in [2.45, 2.75) is 26.0 Å². The summed E-state index contributed by atoms with van der Waals surface area (Å²) >= 11 is 0. The van der Waals surface area contributed by atoms with E-state index in [1.165, 1.54) is 18.2 Å². The van der Waals surface area contributed by atoms with E-state index < -0.39 is 12.1 Å². The van der Waals surface area contributed by atoms with E-state index in [2.05, 4.69) is 0 Å². The molecule has 0 amide bonds. The third-order valence-corrected chi connectivity index (χ3v) is 2.42. The van der Waals surface area contributed by atoms with Gasteiger partial charge in [-0.15, -0.1) is 12.4 Å². The number of halogens is 1. The highest BCUT2D eigenvalue weighted by Crippen LogP contribution is 2.30. The molecule has 0 spiro atoms. The smallest absolute Gasteiger partial charge is 0.120 e. The van der Waals surface area contributed by atoms with Crippen molar-refractivity contribution in [3.8, 4) is 11.5 Å². The van der Waals surface area contributed by atoms with Crippen LogP contribution in [0, 0.1) is 5.92 Å². The van der Waals surface area contributed by atoms with Crippen LogP contribution in [0.5, 0.6) is 11.5 Å². The van der Waals surface area contributed by atoms with E-state index in [1.807, 2.05) is 13.8 Å². The molecule has 1 aromatic carbocycles. The molecular formula is C11H18ClNO3. The average Bonchev–Trinajstić information content (AvgIpc) is 2.19. The molecule has 0 saturated heterocycles. The first-order valence-electron chi connectivity index (χ1n) is 4.89. The van der Waals surface area contributed by atoms with Crippen LogP contribution in [0.2, 0.25) is 0 Å². The molecule has 0 saturated carbocycles. The molecule has 1 rings (SSSR count). The number of aromatic hydroxyl groups is 2. The maximum atomic E-state index is 9.75. The van der Waals surface area contributed by atoms with Crippen molar-refractivity contribution >= 4 is 12.4 Å². The third kappa shape index (κ3) is 3.27. The van der Waals surface area contributed by atoms with Crippen molar-refractivity contribution < 1.29 is 15.3 Å². The highest BCUT2D eigenvalue weighted by molar-refractivity contribution is 5.85. The topological polar surface area (TPSA) is 86.7 Å². The lowest BCUT2D eigenvalue weighted by molar-refractivity contribution is 0.0969. The second kappa shape index (κ2) is 5.94. The number of benzene rings is 1. The summed E-state index contributed by atoms with van der Waals surface area (Å²) in [5.74, 6) is -0.00375. The lowest BCUT2D eigenvalue weighted by Crippen LogP contribution is -2.30. The molecule has 0 unspecified atom stereocenters. The van der Waals surface area contributed by atoms with E-state index in [9.17, 15) is 15.3 Å². The van der Waals surface area contributed by atoms with Gasteiger partial charge in [0.25, 0.3) is 0 Å². The molecule has 0 fully saturated rings. The van der Waals surface area contributed by atoms with Gasteiger partial charge in [0.05, 0.1) is 12.1 Å². The quantitative estimate of drug-likeness (QED) is 0.610. The Morgan fingerprint density at radius 1 is 1.19 bits per heavy atom. The number of hydrogen-bond donors (Lipinski definition) is 4. The molecule has 5 heteroatoms. The van der Waals surface area contributed by atoms with Gasteiger partial charge in [-0.3, -0.25) is 0 Å². The van der Waals surface area contributed by atoms with Crippen molar-refractivity contribution in [3.05, 3.63) is 23.8 Å². The van der Waals surface area contributed by atoms with E-state index in [0.717, 1.165) is 0 Å². The Hall–Kier alpha value is -0.970. The summed E-state index contributed by atoms with van der Waals surface area (Å²) in [5.41, 5.74) is 6.15. The van der Waals surface area contributed by atoms with Gasteiger partial charge in [0.2, 0.25) is 0 Å². The minimum Gasteiger partial charge on any atom is -0.508 e. The zero-order valence-corrected chi connectivity index (χ0v) is 10.1. The molecule has 0 radical (unpaired) electrons. The van der Waals surface area contributed by atoms with Gasteiger partial charge in [0.1, 0.15) is 11.5 Å². The van der Waals surface area contributed by atoms with Crippen molar-refractivity contribution in [1.82, 2.24) is 0 Å². The normalized spacial score (nSPS) is 14.3. The molecule has 0 bridgehead atoms. The molecule has 4 nitrogen and oxygen atoms in total. The van der Waals surface area contributed by atoms with Gasteiger partial charge in [-0.2, -0.15) is 0 Å². The number of rotatable bonds is 3. The first kappa shape index (κ1) is 15.0. The number of hydrogen-bond acceptors (Lipinski definition) is 4. The van der Waals surface area contributed by atoms with Gasteiger partial charge in [-0.05, 0) is 24.1 Å². The van der Waals surface area contributed by atoms with E-state index in [0.29, 0.717) is 5.56 Å². The van der Waals surface area contributed by atoms with Crippen LogP contribution in [0.25, 0.3) is 0 Å². The van der Waals surface area contributed by atoms with Crippen LogP contribution in [-0.4, -0.2) is 21.4 Å². The summed E-state index contributed by atoms with van der Waals surface area (Å²) < 4.78 is 0. The zero-order valence-electron chi connectivity index (χ0n) is 9.29. The predicted molar refractivity (Wildman–Crippen MR) is 64.8 cm³/mol. The van der Waals surface area contributed by atoms with Crippen LogP contribution in [0.4, 0.5) is 0 Å². The maximum absolute atomic E-state index is 9.75. The summed E-state index contributed by atoms with van der Waals surface area (Å²) in [4.78, 5) is 0. The van der Waals surface area contributed by atoms with Gasteiger partial charge in [0, 0.05) is 5.56 Å². The van der Waals surface area contributed by atoms with E-state index in [-0.39, 0.29) is 29.8 Å². The summed E-state index contributed by atoms with van der Waals surface area (Å²) in [7, 11) is 0. The Balaban J connectivity index is 0.00000225. The van der Waals surface area contributed by atoms with Gasteiger partial charge >= 0.3 is 0 Å². The Morgan fingerprint density at radius 2 is 1.75 bits per heavy atom. The van der Waals surface area contributed by atoms with Crippen LogP contribution in [0.1, 0.15) is 25.5 Å². The Morgan fingerprint density at radius 3 is 2.25 bits per heavy atom. The largest absolute Gasteiger partial charge is 0.508 e. The van der Waals surface area contributed by atoms with Crippen molar-refractivity contribution in [1.29, 1.82) is 0 Å². The fourth-order valence-electron chi connectivity index (χ4n) is 1.41. The molecule has 0 aliphatic carbocycles. The molecule has 92 valence electrons. The Labute approximate surface area is 101 Å².